The smallest absolute Gasteiger partial charge is 0.271 e. The van der Waals surface area contributed by atoms with Gasteiger partial charge in [-0.25, -0.2) is 9.37 Å². The third-order valence-electron chi connectivity index (χ3n) is 2.73. The maximum absolute atomic E-state index is 13.6. The maximum Gasteiger partial charge on any atom is 0.271 e. The molecule has 19 heavy (non-hydrogen) atoms. The monoisotopic (exact) mass is 259 g/mol. The fraction of sp³-hybridized carbons (Fsp3) is 0.214. The Labute approximate surface area is 110 Å². The van der Waals surface area contributed by atoms with Gasteiger partial charge in [0.1, 0.15) is 11.5 Å². The highest BCUT2D eigenvalue weighted by Crippen LogP contribution is 2.16. The number of carbonyl (C=O) groups is 1. The SMILES string of the molecule is Cc1cnc(C(=O)N[C@@H](C)c2ccccc2F)cn1. The van der Waals surface area contributed by atoms with Gasteiger partial charge in [0.25, 0.3) is 5.91 Å². The van der Waals surface area contributed by atoms with Crippen molar-refractivity contribution in [1.29, 1.82) is 0 Å². The topological polar surface area (TPSA) is 54.9 Å². The van der Waals surface area contributed by atoms with E-state index in [4.69, 9.17) is 0 Å². The van der Waals surface area contributed by atoms with Crippen molar-refractivity contribution in [3.05, 3.63) is 59.4 Å². The number of rotatable bonds is 3. The van der Waals surface area contributed by atoms with Gasteiger partial charge in [-0.2, -0.15) is 0 Å². The first kappa shape index (κ1) is 13.1. The largest absolute Gasteiger partial charge is 0.344 e. The number of carbonyl (C=O) groups excluding carboxylic acids is 1. The molecule has 1 amide bonds. The van der Waals surface area contributed by atoms with E-state index in [0.717, 1.165) is 5.69 Å². The van der Waals surface area contributed by atoms with Crippen molar-refractivity contribution < 1.29 is 9.18 Å². The second kappa shape index (κ2) is 5.56. The third kappa shape index (κ3) is 3.13. The van der Waals surface area contributed by atoms with E-state index in [0.29, 0.717) is 5.56 Å². The zero-order chi connectivity index (χ0) is 13.8. The molecule has 0 aliphatic heterocycles. The number of hydrogen-bond acceptors (Lipinski definition) is 3. The van der Waals surface area contributed by atoms with E-state index in [9.17, 15) is 9.18 Å². The van der Waals surface area contributed by atoms with Crippen LogP contribution in [0.1, 0.15) is 34.7 Å². The van der Waals surface area contributed by atoms with Crippen LogP contribution >= 0.6 is 0 Å². The van der Waals surface area contributed by atoms with Crippen molar-refractivity contribution in [2.75, 3.05) is 0 Å². The molecule has 0 aliphatic carbocycles. The van der Waals surface area contributed by atoms with Gasteiger partial charge in [-0.1, -0.05) is 18.2 Å². The number of nitrogens with one attached hydrogen (secondary N) is 1. The molecule has 0 aliphatic rings. The summed E-state index contributed by atoms with van der Waals surface area (Å²) in [5, 5.41) is 2.69. The molecule has 4 nitrogen and oxygen atoms in total. The Bertz CT molecular complexity index is 583. The zero-order valence-corrected chi connectivity index (χ0v) is 10.7. The van der Waals surface area contributed by atoms with Crippen molar-refractivity contribution in [1.82, 2.24) is 15.3 Å². The summed E-state index contributed by atoms with van der Waals surface area (Å²) in [6, 6.07) is 5.91. The lowest BCUT2D eigenvalue weighted by Crippen LogP contribution is -2.28. The molecule has 98 valence electrons. The fourth-order valence-corrected chi connectivity index (χ4v) is 1.68. The average molecular weight is 259 g/mol. The molecular formula is C14H14FN3O. The molecule has 2 rings (SSSR count). The summed E-state index contributed by atoms with van der Waals surface area (Å²) >= 11 is 0. The van der Waals surface area contributed by atoms with Gasteiger partial charge in [0.05, 0.1) is 17.9 Å². The second-order valence-corrected chi connectivity index (χ2v) is 4.26. The minimum Gasteiger partial charge on any atom is -0.344 e. The van der Waals surface area contributed by atoms with Crippen LogP contribution in [-0.4, -0.2) is 15.9 Å². The molecular weight excluding hydrogens is 245 g/mol. The first-order valence-corrected chi connectivity index (χ1v) is 5.92. The molecule has 0 spiro atoms. The van der Waals surface area contributed by atoms with Crippen LogP contribution in [0, 0.1) is 12.7 Å². The van der Waals surface area contributed by atoms with Crippen LogP contribution in [0.2, 0.25) is 0 Å². The molecule has 1 heterocycles. The molecule has 1 aromatic carbocycles. The van der Waals surface area contributed by atoms with Crippen LogP contribution in [0.5, 0.6) is 0 Å². The predicted octanol–water partition coefficient (Wildman–Crippen LogP) is 2.42. The first-order valence-electron chi connectivity index (χ1n) is 5.92. The molecule has 5 heteroatoms. The van der Waals surface area contributed by atoms with Crippen LogP contribution < -0.4 is 5.32 Å². The first-order chi connectivity index (χ1) is 9.08. The Balaban J connectivity index is 2.11. The molecule has 0 saturated heterocycles. The number of amides is 1. The minimum atomic E-state index is -0.434. The lowest BCUT2D eigenvalue weighted by atomic mass is 10.1. The Morgan fingerprint density at radius 3 is 2.63 bits per heavy atom. The Kier molecular flexibility index (Phi) is 3.85. The molecule has 0 radical (unpaired) electrons. The van der Waals surface area contributed by atoms with Gasteiger partial charge >= 0.3 is 0 Å². The lowest BCUT2D eigenvalue weighted by Gasteiger charge is -2.14. The molecule has 0 saturated carbocycles. The molecule has 1 atom stereocenters. The zero-order valence-electron chi connectivity index (χ0n) is 10.7. The van der Waals surface area contributed by atoms with Crippen molar-refractivity contribution in [3.8, 4) is 0 Å². The predicted molar refractivity (Wildman–Crippen MR) is 69.1 cm³/mol. The van der Waals surface area contributed by atoms with Crippen LogP contribution in [0.4, 0.5) is 4.39 Å². The van der Waals surface area contributed by atoms with Gasteiger partial charge in [0.15, 0.2) is 0 Å². The Morgan fingerprint density at radius 2 is 2.00 bits per heavy atom. The van der Waals surface area contributed by atoms with E-state index in [1.54, 1.807) is 32.0 Å². The van der Waals surface area contributed by atoms with E-state index in [1.807, 2.05) is 0 Å². The molecule has 1 aromatic heterocycles. The number of hydrogen-bond donors (Lipinski definition) is 1. The van der Waals surface area contributed by atoms with Crippen LogP contribution in [0.15, 0.2) is 36.7 Å². The van der Waals surface area contributed by atoms with Gasteiger partial charge in [0.2, 0.25) is 0 Å². The summed E-state index contributed by atoms with van der Waals surface area (Å²) in [6.07, 6.45) is 2.92. The van der Waals surface area contributed by atoms with Crippen molar-refractivity contribution in [2.45, 2.75) is 19.9 Å². The second-order valence-electron chi connectivity index (χ2n) is 4.26. The van der Waals surface area contributed by atoms with E-state index < -0.39 is 6.04 Å². The van der Waals surface area contributed by atoms with E-state index in [1.165, 1.54) is 18.5 Å². The van der Waals surface area contributed by atoms with Gasteiger partial charge in [-0.15, -0.1) is 0 Å². The Morgan fingerprint density at radius 1 is 1.26 bits per heavy atom. The molecule has 0 bridgehead atoms. The average Bonchev–Trinajstić information content (AvgIpc) is 2.39. The van der Waals surface area contributed by atoms with E-state index >= 15 is 0 Å². The molecule has 1 N–H and O–H groups in total. The van der Waals surface area contributed by atoms with Gasteiger partial charge in [0, 0.05) is 11.8 Å². The summed E-state index contributed by atoms with van der Waals surface area (Å²) in [5.41, 5.74) is 1.39. The summed E-state index contributed by atoms with van der Waals surface area (Å²) < 4.78 is 13.6. The summed E-state index contributed by atoms with van der Waals surface area (Å²) in [5.74, 6) is -0.714. The lowest BCUT2D eigenvalue weighted by molar-refractivity contribution is 0.0934. The summed E-state index contributed by atoms with van der Waals surface area (Å²) in [4.78, 5) is 19.9. The number of aryl methyl sites for hydroxylation is 1. The van der Waals surface area contributed by atoms with Crippen LogP contribution in [0.3, 0.4) is 0 Å². The third-order valence-corrected chi connectivity index (χ3v) is 2.73. The van der Waals surface area contributed by atoms with Crippen molar-refractivity contribution in [3.63, 3.8) is 0 Å². The van der Waals surface area contributed by atoms with Gasteiger partial charge in [-0.05, 0) is 19.9 Å². The van der Waals surface area contributed by atoms with Crippen LogP contribution in [-0.2, 0) is 0 Å². The molecule has 2 aromatic rings. The van der Waals surface area contributed by atoms with Gasteiger partial charge in [-0.3, -0.25) is 9.78 Å². The molecule has 0 fully saturated rings. The highest BCUT2D eigenvalue weighted by Gasteiger charge is 2.15. The molecule has 0 unspecified atom stereocenters. The van der Waals surface area contributed by atoms with E-state index in [-0.39, 0.29) is 17.4 Å². The number of aromatic nitrogens is 2. The normalized spacial score (nSPS) is 11.9. The Hall–Kier alpha value is -2.30. The highest BCUT2D eigenvalue weighted by atomic mass is 19.1. The van der Waals surface area contributed by atoms with Crippen molar-refractivity contribution in [2.24, 2.45) is 0 Å². The van der Waals surface area contributed by atoms with Gasteiger partial charge < -0.3 is 5.32 Å². The van der Waals surface area contributed by atoms with E-state index in [2.05, 4.69) is 15.3 Å². The summed E-state index contributed by atoms with van der Waals surface area (Å²) in [6.45, 7) is 3.51. The minimum absolute atomic E-state index is 0.216. The number of halogens is 1. The maximum atomic E-state index is 13.6. The number of benzene rings is 1. The fourth-order valence-electron chi connectivity index (χ4n) is 1.68. The summed E-state index contributed by atoms with van der Waals surface area (Å²) in [7, 11) is 0. The highest BCUT2D eigenvalue weighted by molar-refractivity contribution is 5.92. The van der Waals surface area contributed by atoms with Crippen molar-refractivity contribution >= 4 is 5.91 Å². The standard InChI is InChI=1S/C14H14FN3O/c1-9-7-17-13(8-16-9)14(19)18-10(2)11-5-3-4-6-12(11)15/h3-8,10H,1-2H3,(H,18,19)/t10-/m0/s1. The quantitative estimate of drug-likeness (QED) is 0.921. The van der Waals surface area contributed by atoms with Crippen LogP contribution in [0.25, 0.3) is 0 Å². The number of nitrogens with zero attached hydrogens (tertiary/aromatic N) is 2.